The number of rotatable bonds is 6. The van der Waals surface area contributed by atoms with Gasteiger partial charge < -0.3 is 14.7 Å². The van der Waals surface area contributed by atoms with Crippen molar-refractivity contribution < 1.29 is 9.84 Å². The highest BCUT2D eigenvalue weighted by Gasteiger charge is 2.20. The predicted octanol–water partition coefficient (Wildman–Crippen LogP) is 2.80. The Balaban J connectivity index is 1.27. The predicted molar refractivity (Wildman–Crippen MR) is 108 cm³/mol. The van der Waals surface area contributed by atoms with Crippen molar-refractivity contribution in [1.82, 2.24) is 9.88 Å². The SMILES string of the molecule is O[C@@H](COc1cccc2ccccc12)CN1CCN(c2ccccn2)CC1. The lowest BCUT2D eigenvalue weighted by molar-refractivity contribution is 0.0668. The van der Waals surface area contributed by atoms with Crippen LogP contribution in [0.15, 0.2) is 66.9 Å². The van der Waals surface area contributed by atoms with Gasteiger partial charge in [-0.2, -0.15) is 0 Å². The second kappa shape index (κ2) is 8.37. The van der Waals surface area contributed by atoms with Gasteiger partial charge in [0.1, 0.15) is 24.3 Å². The summed E-state index contributed by atoms with van der Waals surface area (Å²) in [5, 5.41) is 12.7. The van der Waals surface area contributed by atoms with E-state index in [0.717, 1.165) is 48.5 Å². The number of hydrogen-bond donors (Lipinski definition) is 1. The molecule has 140 valence electrons. The van der Waals surface area contributed by atoms with Crippen molar-refractivity contribution in [2.75, 3.05) is 44.2 Å². The van der Waals surface area contributed by atoms with Crippen molar-refractivity contribution in [3.8, 4) is 5.75 Å². The quantitative estimate of drug-likeness (QED) is 0.730. The Hall–Kier alpha value is -2.63. The van der Waals surface area contributed by atoms with E-state index in [2.05, 4.69) is 26.9 Å². The van der Waals surface area contributed by atoms with E-state index < -0.39 is 6.10 Å². The Morgan fingerprint density at radius 3 is 2.52 bits per heavy atom. The van der Waals surface area contributed by atoms with Crippen LogP contribution in [0.5, 0.6) is 5.75 Å². The first-order valence-electron chi connectivity index (χ1n) is 9.46. The summed E-state index contributed by atoms with van der Waals surface area (Å²) in [6.45, 7) is 4.61. The molecule has 1 N–H and O–H groups in total. The normalized spacial score (nSPS) is 16.4. The maximum absolute atomic E-state index is 10.4. The third-order valence-electron chi connectivity index (χ3n) is 5.00. The summed E-state index contributed by atoms with van der Waals surface area (Å²) in [5.74, 6) is 1.85. The number of aromatic nitrogens is 1. The standard InChI is InChI=1S/C22H25N3O2/c26-19(17-27-21-9-5-7-18-6-1-2-8-20(18)21)16-24-12-14-25(15-13-24)22-10-3-4-11-23-22/h1-11,19,26H,12-17H2/t19-/m1/s1. The van der Waals surface area contributed by atoms with Crippen LogP contribution in [0.1, 0.15) is 0 Å². The molecule has 0 radical (unpaired) electrons. The Morgan fingerprint density at radius 2 is 1.70 bits per heavy atom. The number of β-amino-alcohol motifs (C(OH)–C–C–N with tert-alkyl or cyclic N) is 1. The van der Waals surface area contributed by atoms with E-state index in [1.807, 2.05) is 54.7 Å². The Kier molecular flexibility index (Phi) is 5.51. The van der Waals surface area contributed by atoms with Gasteiger partial charge in [0.15, 0.2) is 0 Å². The van der Waals surface area contributed by atoms with Gasteiger partial charge in [-0.15, -0.1) is 0 Å². The molecule has 0 bridgehead atoms. The van der Waals surface area contributed by atoms with E-state index in [1.165, 1.54) is 0 Å². The van der Waals surface area contributed by atoms with E-state index in [9.17, 15) is 5.11 Å². The van der Waals surface area contributed by atoms with Gasteiger partial charge in [-0.1, -0.05) is 42.5 Å². The molecule has 1 aliphatic rings. The number of pyridine rings is 1. The number of piperazine rings is 1. The topological polar surface area (TPSA) is 48.8 Å². The number of aliphatic hydroxyl groups excluding tert-OH is 1. The smallest absolute Gasteiger partial charge is 0.128 e. The molecule has 2 aromatic carbocycles. The molecule has 27 heavy (non-hydrogen) atoms. The van der Waals surface area contributed by atoms with Crippen LogP contribution in [0.3, 0.4) is 0 Å². The van der Waals surface area contributed by atoms with Crippen LogP contribution in [-0.2, 0) is 0 Å². The van der Waals surface area contributed by atoms with E-state index >= 15 is 0 Å². The number of fused-ring (bicyclic) bond motifs is 1. The minimum absolute atomic E-state index is 0.300. The summed E-state index contributed by atoms with van der Waals surface area (Å²) in [5.41, 5.74) is 0. The minimum Gasteiger partial charge on any atom is -0.490 e. The van der Waals surface area contributed by atoms with Gasteiger partial charge in [-0.3, -0.25) is 4.90 Å². The number of aliphatic hydroxyl groups is 1. The van der Waals surface area contributed by atoms with Crippen molar-refractivity contribution in [2.45, 2.75) is 6.10 Å². The molecule has 0 amide bonds. The van der Waals surface area contributed by atoms with Crippen LogP contribution < -0.4 is 9.64 Å². The number of ether oxygens (including phenoxy) is 1. The first-order chi connectivity index (χ1) is 13.3. The highest BCUT2D eigenvalue weighted by Crippen LogP contribution is 2.25. The molecule has 1 atom stereocenters. The molecule has 0 aliphatic carbocycles. The van der Waals surface area contributed by atoms with Gasteiger partial charge in [0.05, 0.1) is 0 Å². The molecule has 5 nitrogen and oxygen atoms in total. The summed E-state index contributed by atoms with van der Waals surface area (Å²) in [4.78, 5) is 8.99. The average molecular weight is 363 g/mol. The van der Waals surface area contributed by atoms with Crippen LogP contribution in [0, 0.1) is 0 Å². The summed E-state index contributed by atoms with van der Waals surface area (Å²) in [6, 6.07) is 20.2. The van der Waals surface area contributed by atoms with Gasteiger partial charge in [0.2, 0.25) is 0 Å². The van der Waals surface area contributed by atoms with Gasteiger partial charge in [0, 0.05) is 44.3 Å². The largest absolute Gasteiger partial charge is 0.490 e. The Labute approximate surface area is 159 Å². The monoisotopic (exact) mass is 363 g/mol. The van der Waals surface area contributed by atoms with Crippen LogP contribution in [0.25, 0.3) is 10.8 Å². The molecular formula is C22H25N3O2. The molecular weight excluding hydrogens is 338 g/mol. The van der Waals surface area contributed by atoms with E-state index in [-0.39, 0.29) is 0 Å². The maximum Gasteiger partial charge on any atom is 0.128 e. The summed E-state index contributed by atoms with van der Waals surface area (Å²) in [7, 11) is 0. The lowest BCUT2D eigenvalue weighted by Crippen LogP contribution is -2.49. The van der Waals surface area contributed by atoms with E-state index in [4.69, 9.17) is 4.74 Å². The van der Waals surface area contributed by atoms with Gasteiger partial charge in [-0.05, 0) is 23.6 Å². The lowest BCUT2D eigenvalue weighted by Gasteiger charge is -2.36. The lowest BCUT2D eigenvalue weighted by atomic mass is 10.1. The van der Waals surface area contributed by atoms with Crippen LogP contribution >= 0.6 is 0 Å². The molecule has 1 aromatic heterocycles. The zero-order valence-corrected chi connectivity index (χ0v) is 15.4. The van der Waals surface area contributed by atoms with Gasteiger partial charge in [0.25, 0.3) is 0 Å². The highest BCUT2D eigenvalue weighted by atomic mass is 16.5. The van der Waals surface area contributed by atoms with Crippen LogP contribution in [0.2, 0.25) is 0 Å². The van der Waals surface area contributed by atoms with Crippen molar-refractivity contribution in [3.05, 3.63) is 66.9 Å². The minimum atomic E-state index is -0.509. The number of benzene rings is 2. The first kappa shape index (κ1) is 17.8. The fourth-order valence-corrected chi connectivity index (χ4v) is 3.56. The Morgan fingerprint density at radius 1 is 0.926 bits per heavy atom. The van der Waals surface area contributed by atoms with Crippen molar-refractivity contribution >= 4 is 16.6 Å². The zero-order valence-electron chi connectivity index (χ0n) is 15.4. The third kappa shape index (κ3) is 4.38. The van der Waals surface area contributed by atoms with Crippen LogP contribution in [-0.4, -0.2) is 60.4 Å². The van der Waals surface area contributed by atoms with E-state index in [1.54, 1.807) is 0 Å². The molecule has 4 rings (SSSR count). The fraction of sp³-hybridized carbons (Fsp3) is 0.318. The molecule has 0 unspecified atom stereocenters. The van der Waals surface area contributed by atoms with Crippen LogP contribution in [0.4, 0.5) is 5.82 Å². The zero-order chi connectivity index (χ0) is 18.5. The highest BCUT2D eigenvalue weighted by molar-refractivity contribution is 5.88. The molecule has 1 fully saturated rings. The van der Waals surface area contributed by atoms with Crippen molar-refractivity contribution in [1.29, 1.82) is 0 Å². The Bertz CT molecular complexity index is 858. The fourth-order valence-electron chi connectivity index (χ4n) is 3.56. The van der Waals surface area contributed by atoms with Crippen molar-refractivity contribution in [3.63, 3.8) is 0 Å². The number of nitrogens with zero attached hydrogens (tertiary/aromatic N) is 3. The molecule has 5 heteroatoms. The second-order valence-corrected chi connectivity index (χ2v) is 6.92. The molecule has 3 aromatic rings. The molecule has 0 spiro atoms. The van der Waals surface area contributed by atoms with Gasteiger partial charge in [-0.25, -0.2) is 4.98 Å². The third-order valence-corrected chi connectivity index (χ3v) is 5.00. The summed E-state index contributed by atoms with van der Waals surface area (Å²) in [6.07, 6.45) is 1.32. The van der Waals surface area contributed by atoms with Gasteiger partial charge >= 0.3 is 0 Å². The average Bonchev–Trinajstić information content (AvgIpc) is 2.73. The molecule has 0 saturated carbocycles. The number of anilines is 1. The maximum atomic E-state index is 10.4. The molecule has 2 heterocycles. The summed E-state index contributed by atoms with van der Waals surface area (Å²) < 4.78 is 5.92. The van der Waals surface area contributed by atoms with Crippen molar-refractivity contribution in [2.24, 2.45) is 0 Å². The first-order valence-corrected chi connectivity index (χ1v) is 9.46. The molecule has 1 aliphatic heterocycles. The molecule has 1 saturated heterocycles. The summed E-state index contributed by atoms with van der Waals surface area (Å²) >= 11 is 0. The number of hydrogen-bond acceptors (Lipinski definition) is 5. The van der Waals surface area contributed by atoms with E-state index in [0.29, 0.717) is 13.2 Å². The second-order valence-electron chi connectivity index (χ2n) is 6.92.